The minimum absolute atomic E-state index is 0.0990. The molecule has 3 aromatic heterocycles. The van der Waals surface area contributed by atoms with Gasteiger partial charge in [0.15, 0.2) is 11.5 Å². The van der Waals surface area contributed by atoms with Gasteiger partial charge in [-0.05, 0) is 18.6 Å². The molecule has 0 unspecified atom stereocenters. The molecule has 1 aromatic carbocycles. The first-order chi connectivity index (χ1) is 14.1. The van der Waals surface area contributed by atoms with Crippen molar-refractivity contribution in [3.8, 4) is 0 Å². The van der Waals surface area contributed by atoms with Crippen LogP contribution in [-0.4, -0.2) is 36.4 Å². The molecule has 3 heterocycles. The molecule has 10 heteroatoms. The van der Waals surface area contributed by atoms with Crippen molar-refractivity contribution in [1.29, 1.82) is 0 Å². The number of carbonyl (C=O) groups excluding carboxylic acids is 1. The van der Waals surface area contributed by atoms with Crippen molar-refractivity contribution >= 4 is 68.8 Å². The average molecular weight is 447 g/mol. The molecule has 7 nitrogen and oxygen atoms in total. The Kier molecular flexibility index (Phi) is 5.84. The van der Waals surface area contributed by atoms with Gasteiger partial charge in [0.05, 0.1) is 21.3 Å². The van der Waals surface area contributed by atoms with Gasteiger partial charge in [-0.1, -0.05) is 60.1 Å². The van der Waals surface area contributed by atoms with E-state index in [4.69, 9.17) is 23.2 Å². The second kappa shape index (κ2) is 8.52. The van der Waals surface area contributed by atoms with Crippen LogP contribution in [0.5, 0.6) is 0 Å². The number of hydrogen-bond acceptors (Lipinski definition) is 6. The second-order valence-corrected chi connectivity index (χ2v) is 8.04. The molecule has 148 valence electrons. The van der Waals surface area contributed by atoms with Gasteiger partial charge in [-0.15, -0.1) is 10.2 Å². The Morgan fingerprint density at radius 1 is 1.24 bits per heavy atom. The smallest absolute Gasteiger partial charge is 0.236 e. The predicted molar refractivity (Wildman–Crippen MR) is 117 cm³/mol. The van der Waals surface area contributed by atoms with E-state index in [0.717, 1.165) is 35.0 Å². The topological polar surface area (TPSA) is 85.6 Å². The number of rotatable bonds is 6. The van der Waals surface area contributed by atoms with Gasteiger partial charge in [-0.2, -0.15) is 0 Å². The minimum atomic E-state index is -0.274. The lowest BCUT2D eigenvalue weighted by molar-refractivity contribution is -0.113. The highest BCUT2D eigenvalue weighted by Gasteiger charge is 2.15. The number of para-hydroxylation sites is 1. The van der Waals surface area contributed by atoms with Crippen LogP contribution >= 0.6 is 35.0 Å². The summed E-state index contributed by atoms with van der Waals surface area (Å²) in [4.78, 5) is 20.9. The number of benzene rings is 1. The standard InChI is InChI=1S/C19H16Cl2N6OS/c1-2-7-27-14-6-4-3-5-12(14)16-18(27)24-19(26-25-16)29-10-15(28)23-17-13(21)8-11(20)9-22-17/h3-6,8-9H,2,7,10H2,1H3,(H,22,23,28). The first-order valence-corrected chi connectivity index (χ1v) is 10.7. The number of nitrogens with zero attached hydrogens (tertiary/aromatic N) is 5. The zero-order valence-corrected chi connectivity index (χ0v) is 17.7. The summed E-state index contributed by atoms with van der Waals surface area (Å²) in [6, 6.07) is 9.56. The first-order valence-electron chi connectivity index (χ1n) is 8.92. The fourth-order valence-electron chi connectivity index (χ4n) is 3.01. The summed E-state index contributed by atoms with van der Waals surface area (Å²) in [6.45, 7) is 2.94. The summed E-state index contributed by atoms with van der Waals surface area (Å²) in [7, 11) is 0. The number of amides is 1. The molecule has 0 aliphatic rings. The third-order valence-corrected chi connectivity index (χ3v) is 5.53. The molecule has 0 saturated carbocycles. The van der Waals surface area contributed by atoms with Gasteiger partial charge in [0, 0.05) is 18.1 Å². The Hall–Kier alpha value is -2.42. The number of pyridine rings is 1. The van der Waals surface area contributed by atoms with E-state index in [9.17, 15) is 4.79 Å². The van der Waals surface area contributed by atoms with E-state index in [2.05, 4.69) is 43.0 Å². The van der Waals surface area contributed by atoms with Crippen LogP contribution in [0.4, 0.5) is 5.82 Å². The molecular formula is C19H16Cl2N6OS. The van der Waals surface area contributed by atoms with Crippen LogP contribution in [0.3, 0.4) is 0 Å². The zero-order chi connectivity index (χ0) is 20.4. The summed E-state index contributed by atoms with van der Waals surface area (Å²) in [5, 5.41) is 13.3. The third-order valence-electron chi connectivity index (χ3n) is 4.20. The van der Waals surface area contributed by atoms with E-state index in [-0.39, 0.29) is 22.5 Å². The van der Waals surface area contributed by atoms with E-state index in [1.54, 1.807) is 0 Å². The number of aromatic nitrogens is 5. The van der Waals surface area contributed by atoms with Crippen LogP contribution in [0.2, 0.25) is 10.0 Å². The number of thioether (sulfide) groups is 1. The maximum atomic E-state index is 12.3. The van der Waals surface area contributed by atoms with Crippen LogP contribution in [0, 0.1) is 0 Å². The van der Waals surface area contributed by atoms with Gasteiger partial charge in [0.1, 0.15) is 5.52 Å². The van der Waals surface area contributed by atoms with Crippen molar-refractivity contribution in [2.75, 3.05) is 11.1 Å². The molecule has 4 aromatic rings. The van der Waals surface area contributed by atoms with Gasteiger partial charge < -0.3 is 9.88 Å². The highest BCUT2D eigenvalue weighted by molar-refractivity contribution is 7.99. The molecule has 29 heavy (non-hydrogen) atoms. The summed E-state index contributed by atoms with van der Waals surface area (Å²) in [6.07, 6.45) is 2.39. The van der Waals surface area contributed by atoms with Gasteiger partial charge >= 0.3 is 0 Å². The number of hydrogen-bond donors (Lipinski definition) is 1. The average Bonchev–Trinajstić information content (AvgIpc) is 3.02. The number of aryl methyl sites for hydroxylation is 1. The predicted octanol–water partition coefficient (Wildman–Crippen LogP) is 4.82. The number of anilines is 1. The molecule has 0 aliphatic heterocycles. The Bertz CT molecular complexity index is 1210. The molecule has 0 spiro atoms. The molecule has 0 bridgehead atoms. The monoisotopic (exact) mass is 446 g/mol. The van der Waals surface area contributed by atoms with E-state index in [1.165, 1.54) is 24.0 Å². The zero-order valence-electron chi connectivity index (χ0n) is 15.4. The van der Waals surface area contributed by atoms with E-state index < -0.39 is 0 Å². The van der Waals surface area contributed by atoms with Crippen LogP contribution < -0.4 is 5.32 Å². The highest BCUT2D eigenvalue weighted by atomic mass is 35.5. The second-order valence-electron chi connectivity index (χ2n) is 6.26. The van der Waals surface area contributed by atoms with Crippen LogP contribution in [0.1, 0.15) is 13.3 Å². The molecule has 0 radical (unpaired) electrons. The van der Waals surface area contributed by atoms with Crippen molar-refractivity contribution in [3.05, 3.63) is 46.6 Å². The Morgan fingerprint density at radius 2 is 2.07 bits per heavy atom. The molecule has 0 atom stereocenters. The van der Waals surface area contributed by atoms with E-state index in [0.29, 0.717) is 10.2 Å². The lowest BCUT2D eigenvalue weighted by Gasteiger charge is -2.06. The molecule has 0 saturated heterocycles. The lowest BCUT2D eigenvalue weighted by Crippen LogP contribution is -2.15. The normalized spacial score (nSPS) is 11.3. The van der Waals surface area contributed by atoms with Crippen molar-refractivity contribution in [1.82, 2.24) is 24.7 Å². The minimum Gasteiger partial charge on any atom is -0.324 e. The number of nitrogens with one attached hydrogen (secondary N) is 1. The fourth-order valence-corrected chi connectivity index (χ4v) is 4.01. The third kappa shape index (κ3) is 4.14. The first kappa shape index (κ1) is 19.9. The van der Waals surface area contributed by atoms with Crippen molar-refractivity contribution in [3.63, 3.8) is 0 Å². The van der Waals surface area contributed by atoms with Gasteiger partial charge in [-0.25, -0.2) is 9.97 Å². The van der Waals surface area contributed by atoms with Crippen molar-refractivity contribution in [2.24, 2.45) is 0 Å². The maximum absolute atomic E-state index is 12.3. The Balaban J connectivity index is 1.54. The lowest BCUT2D eigenvalue weighted by atomic mass is 10.2. The van der Waals surface area contributed by atoms with Crippen molar-refractivity contribution < 1.29 is 4.79 Å². The number of carbonyl (C=O) groups is 1. The van der Waals surface area contributed by atoms with Crippen LogP contribution in [0.25, 0.3) is 22.1 Å². The molecule has 0 aliphatic carbocycles. The van der Waals surface area contributed by atoms with Crippen LogP contribution in [-0.2, 0) is 11.3 Å². The highest BCUT2D eigenvalue weighted by Crippen LogP contribution is 2.27. The SMILES string of the molecule is CCCn1c2ccccc2c2nnc(SCC(=O)Nc3ncc(Cl)cc3Cl)nc21. The summed E-state index contributed by atoms with van der Waals surface area (Å²) in [5.41, 5.74) is 2.61. The van der Waals surface area contributed by atoms with E-state index in [1.807, 2.05) is 18.2 Å². The van der Waals surface area contributed by atoms with Crippen LogP contribution in [0.15, 0.2) is 41.7 Å². The largest absolute Gasteiger partial charge is 0.324 e. The summed E-state index contributed by atoms with van der Waals surface area (Å²) < 4.78 is 2.14. The van der Waals surface area contributed by atoms with Gasteiger partial charge in [-0.3, -0.25) is 4.79 Å². The van der Waals surface area contributed by atoms with Crippen molar-refractivity contribution in [2.45, 2.75) is 25.0 Å². The maximum Gasteiger partial charge on any atom is 0.236 e. The number of halogens is 2. The van der Waals surface area contributed by atoms with Gasteiger partial charge in [0.25, 0.3) is 0 Å². The molecule has 1 amide bonds. The summed E-state index contributed by atoms with van der Waals surface area (Å²) >= 11 is 13.1. The summed E-state index contributed by atoms with van der Waals surface area (Å²) in [5.74, 6) is 0.0886. The number of fused-ring (bicyclic) bond motifs is 3. The van der Waals surface area contributed by atoms with Gasteiger partial charge in [0.2, 0.25) is 11.1 Å². The fraction of sp³-hybridized carbons (Fsp3) is 0.211. The Morgan fingerprint density at radius 3 is 2.86 bits per heavy atom. The molecule has 4 rings (SSSR count). The molecular weight excluding hydrogens is 431 g/mol. The quantitative estimate of drug-likeness (QED) is 0.427. The van der Waals surface area contributed by atoms with E-state index >= 15 is 0 Å². The molecule has 0 fully saturated rings. The molecule has 1 N–H and O–H groups in total. The Labute approximate surface area is 180 Å².